The smallest absolute Gasteiger partial charge is 0.220 e. The van der Waals surface area contributed by atoms with Gasteiger partial charge in [-0.3, -0.25) is 4.79 Å². The van der Waals surface area contributed by atoms with Gasteiger partial charge in [0.05, 0.1) is 0 Å². The Hall–Kier alpha value is -0.650. The highest BCUT2D eigenvalue weighted by Gasteiger charge is 2.46. The van der Waals surface area contributed by atoms with Gasteiger partial charge in [-0.1, -0.05) is 6.42 Å². The van der Waals surface area contributed by atoms with Gasteiger partial charge in [-0.15, -0.1) is 10.3 Å². The second-order valence-corrected chi connectivity index (χ2v) is 7.19. The maximum Gasteiger partial charge on any atom is 0.220 e. The van der Waals surface area contributed by atoms with Crippen molar-refractivity contribution < 1.29 is 10.0 Å². The zero-order valence-corrected chi connectivity index (χ0v) is 13.4. The molecule has 1 heterocycles. The highest BCUT2D eigenvalue weighted by molar-refractivity contribution is 5.76. The van der Waals surface area contributed by atoms with Crippen molar-refractivity contribution in [3.63, 3.8) is 0 Å². The first-order valence-corrected chi connectivity index (χ1v) is 7.66. The summed E-state index contributed by atoms with van der Waals surface area (Å²) >= 11 is 0. The summed E-state index contributed by atoms with van der Waals surface area (Å²) < 4.78 is 0. The maximum atomic E-state index is 12.2. The maximum absolute atomic E-state index is 12.2. The molecule has 0 aromatic heterocycles. The molecule has 1 rings (SSSR count). The Kier molecular flexibility index (Phi) is 5.98. The van der Waals surface area contributed by atoms with Crippen molar-refractivity contribution in [2.24, 2.45) is 5.73 Å². The molecule has 0 bridgehead atoms. The minimum atomic E-state index is -0.431. The van der Waals surface area contributed by atoms with Crippen LogP contribution < -0.4 is 11.1 Å². The number of carbonyl (C=O) groups is 1. The van der Waals surface area contributed by atoms with Gasteiger partial charge in [0.15, 0.2) is 0 Å². The van der Waals surface area contributed by atoms with Gasteiger partial charge in [-0.25, -0.2) is 0 Å². The van der Waals surface area contributed by atoms with E-state index in [9.17, 15) is 10.0 Å². The van der Waals surface area contributed by atoms with Gasteiger partial charge >= 0.3 is 0 Å². The normalized spacial score (nSPS) is 22.7. The fourth-order valence-corrected chi connectivity index (χ4v) is 3.27. The van der Waals surface area contributed by atoms with Crippen molar-refractivity contribution in [2.45, 2.75) is 83.3 Å². The number of nitrogens with zero attached hydrogens (tertiary/aromatic N) is 1. The van der Waals surface area contributed by atoms with E-state index in [1.807, 2.05) is 27.7 Å². The SMILES string of the molecule is CC1(C)CC(NC(=O)CCCCCN)CC(C)(C)N1[O]. The molecular formula is C15H30N3O2. The molecule has 3 N–H and O–H groups in total. The largest absolute Gasteiger partial charge is 0.353 e. The Morgan fingerprint density at radius 3 is 2.20 bits per heavy atom. The number of rotatable bonds is 6. The molecule has 5 nitrogen and oxygen atoms in total. The van der Waals surface area contributed by atoms with E-state index in [1.165, 1.54) is 5.06 Å². The summed E-state index contributed by atoms with van der Waals surface area (Å²) in [5.74, 6) is 0.0953. The Balaban J connectivity index is 2.46. The highest BCUT2D eigenvalue weighted by atomic mass is 16.5. The number of amides is 1. The van der Waals surface area contributed by atoms with Crippen LogP contribution in [0.3, 0.4) is 0 Å². The molecule has 0 spiro atoms. The molecule has 1 fully saturated rings. The summed E-state index contributed by atoms with van der Waals surface area (Å²) in [4.78, 5) is 11.9. The van der Waals surface area contributed by atoms with Gasteiger partial charge in [-0.2, -0.15) is 0 Å². The lowest BCUT2D eigenvalue weighted by Gasteiger charge is -2.50. The third kappa shape index (κ3) is 4.72. The average molecular weight is 284 g/mol. The standard InChI is InChI=1S/C15H30N3O2/c1-14(2)10-12(11-15(3,4)18(14)20)17-13(19)8-6-5-7-9-16/h12H,5-11,16H2,1-4H3,(H,17,19). The van der Waals surface area contributed by atoms with Crippen molar-refractivity contribution in [1.29, 1.82) is 0 Å². The molecule has 1 aliphatic rings. The first-order chi connectivity index (χ1) is 9.19. The summed E-state index contributed by atoms with van der Waals surface area (Å²) in [5, 5.41) is 16.5. The molecule has 0 aliphatic carbocycles. The Morgan fingerprint density at radius 1 is 1.15 bits per heavy atom. The lowest BCUT2D eigenvalue weighted by Crippen LogP contribution is -2.62. The van der Waals surface area contributed by atoms with E-state index in [4.69, 9.17) is 5.73 Å². The van der Waals surface area contributed by atoms with Gasteiger partial charge in [0.2, 0.25) is 5.91 Å². The summed E-state index contributed by atoms with van der Waals surface area (Å²) in [6, 6.07) is 0.0900. The van der Waals surface area contributed by atoms with Gasteiger partial charge < -0.3 is 11.1 Å². The molecule has 117 valence electrons. The van der Waals surface area contributed by atoms with E-state index in [1.54, 1.807) is 0 Å². The Bertz CT molecular complexity index is 311. The van der Waals surface area contributed by atoms with Crippen molar-refractivity contribution in [1.82, 2.24) is 10.4 Å². The van der Waals surface area contributed by atoms with Crippen molar-refractivity contribution in [3.05, 3.63) is 0 Å². The van der Waals surface area contributed by atoms with Crippen LogP contribution in [0.1, 0.15) is 66.2 Å². The lowest BCUT2D eigenvalue weighted by molar-refractivity contribution is -0.290. The van der Waals surface area contributed by atoms with E-state index >= 15 is 0 Å². The fraction of sp³-hybridized carbons (Fsp3) is 0.933. The van der Waals surface area contributed by atoms with Crippen LogP contribution in [0.25, 0.3) is 0 Å². The molecular weight excluding hydrogens is 254 g/mol. The highest BCUT2D eigenvalue weighted by Crippen LogP contribution is 2.36. The second kappa shape index (κ2) is 6.87. The van der Waals surface area contributed by atoms with Gasteiger partial charge in [-0.05, 0) is 59.9 Å². The van der Waals surface area contributed by atoms with Crippen molar-refractivity contribution in [2.75, 3.05) is 6.54 Å². The van der Waals surface area contributed by atoms with Gasteiger partial charge in [0.1, 0.15) is 0 Å². The molecule has 1 aliphatic heterocycles. The number of unbranched alkanes of at least 4 members (excludes halogenated alkanes) is 2. The molecule has 0 aromatic rings. The van der Waals surface area contributed by atoms with Gasteiger partial charge in [0.25, 0.3) is 0 Å². The van der Waals surface area contributed by atoms with E-state index in [-0.39, 0.29) is 11.9 Å². The summed E-state index contributed by atoms with van der Waals surface area (Å²) in [6.07, 6.45) is 4.82. The molecule has 1 saturated heterocycles. The topological polar surface area (TPSA) is 78.3 Å². The lowest BCUT2D eigenvalue weighted by atomic mass is 9.79. The van der Waals surface area contributed by atoms with E-state index in [2.05, 4.69) is 5.32 Å². The van der Waals surface area contributed by atoms with Crippen LogP contribution in [-0.2, 0) is 10.0 Å². The number of nitrogens with two attached hydrogens (primary N) is 1. The predicted molar refractivity (Wildman–Crippen MR) is 79.4 cm³/mol. The molecule has 0 aromatic carbocycles. The second-order valence-electron chi connectivity index (χ2n) is 7.19. The first kappa shape index (κ1) is 17.4. The fourth-order valence-electron chi connectivity index (χ4n) is 3.27. The van der Waals surface area contributed by atoms with Crippen LogP contribution >= 0.6 is 0 Å². The molecule has 0 saturated carbocycles. The number of hydrogen-bond acceptors (Lipinski definition) is 3. The zero-order valence-electron chi connectivity index (χ0n) is 13.4. The number of hydrogen-bond donors (Lipinski definition) is 2. The summed E-state index contributed by atoms with van der Waals surface area (Å²) in [6.45, 7) is 8.47. The molecule has 0 atom stereocenters. The third-order valence-electron chi connectivity index (χ3n) is 4.06. The average Bonchev–Trinajstić information content (AvgIpc) is 2.31. The van der Waals surface area contributed by atoms with Crippen LogP contribution in [0.2, 0.25) is 0 Å². The quantitative estimate of drug-likeness (QED) is 0.732. The van der Waals surface area contributed by atoms with Crippen LogP contribution in [0.5, 0.6) is 0 Å². The van der Waals surface area contributed by atoms with Crippen LogP contribution in [0.4, 0.5) is 0 Å². The molecule has 1 amide bonds. The van der Waals surface area contributed by atoms with E-state index in [0.717, 1.165) is 19.3 Å². The van der Waals surface area contributed by atoms with Crippen molar-refractivity contribution in [3.8, 4) is 0 Å². The first-order valence-electron chi connectivity index (χ1n) is 7.66. The van der Waals surface area contributed by atoms with E-state index < -0.39 is 11.1 Å². The summed E-state index contributed by atoms with van der Waals surface area (Å²) in [7, 11) is 0. The zero-order chi connectivity index (χ0) is 15.4. The monoisotopic (exact) mass is 284 g/mol. The number of carbonyl (C=O) groups excluding carboxylic acids is 1. The third-order valence-corrected chi connectivity index (χ3v) is 4.06. The van der Waals surface area contributed by atoms with Crippen LogP contribution in [-0.4, -0.2) is 34.6 Å². The number of hydroxylamine groups is 2. The van der Waals surface area contributed by atoms with Gasteiger partial charge in [0, 0.05) is 23.5 Å². The van der Waals surface area contributed by atoms with Crippen LogP contribution in [0, 0.1) is 0 Å². The molecule has 0 unspecified atom stereocenters. The molecule has 5 heteroatoms. The Morgan fingerprint density at radius 2 is 1.70 bits per heavy atom. The minimum Gasteiger partial charge on any atom is -0.353 e. The predicted octanol–water partition coefficient (Wildman–Crippen LogP) is 1.99. The number of piperidine rings is 1. The number of nitrogens with one attached hydrogen (secondary N) is 1. The van der Waals surface area contributed by atoms with Crippen LogP contribution in [0.15, 0.2) is 0 Å². The summed E-state index contributed by atoms with van der Waals surface area (Å²) in [5.41, 5.74) is 4.57. The minimum absolute atomic E-state index is 0.0900. The molecule has 20 heavy (non-hydrogen) atoms. The van der Waals surface area contributed by atoms with Crippen molar-refractivity contribution >= 4 is 5.91 Å². The molecule has 1 radical (unpaired) electrons. The van der Waals surface area contributed by atoms with E-state index in [0.29, 0.717) is 25.8 Å². The Labute approximate surface area is 122 Å².